The summed E-state index contributed by atoms with van der Waals surface area (Å²) >= 11 is 13.2. The molecule has 0 aliphatic carbocycles. The van der Waals surface area contributed by atoms with Crippen LogP contribution in [0, 0.1) is 6.92 Å². The van der Waals surface area contributed by atoms with E-state index in [-0.39, 0.29) is 0 Å². The maximum absolute atomic E-state index is 12.3. The van der Waals surface area contributed by atoms with Crippen LogP contribution in [-0.4, -0.2) is 69.7 Å². The molecule has 1 aromatic carbocycles. The first-order valence-corrected chi connectivity index (χ1v) is 18.7. The summed E-state index contributed by atoms with van der Waals surface area (Å²) in [6.07, 6.45) is 2.35. The van der Waals surface area contributed by atoms with Crippen LogP contribution >= 0.6 is 23.2 Å². The van der Waals surface area contributed by atoms with Crippen molar-refractivity contribution < 1.29 is 14.6 Å². The molecule has 11 heteroatoms. The summed E-state index contributed by atoms with van der Waals surface area (Å²) in [4.78, 5) is 21.2. The number of ether oxygens (including phenoxy) is 1. The molecule has 0 saturated carbocycles. The molecule has 4 rings (SSSR count). The summed E-state index contributed by atoms with van der Waals surface area (Å²) in [7, 11) is -1.23. The Bertz CT molecular complexity index is 1420. The van der Waals surface area contributed by atoms with Crippen LogP contribution in [0.1, 0.15) is 46.2 Å². The van der Waals surface area contributed by atoms with Gasteiger partial charge in [-0.2, -0.15) is 5.10 Å². The standard InChI is InChI=1S/C30H43Cl2N5O3Si/c1-20-24(21-10-9-11-23(31)25(21)32)26-22(18-33-36(26)19-40-16-17-41(6,7)8)27(34-20)35-14-12-30(5,13-15-35)37(28(38)39)29(2,3)4/h9-11,18H,12-17,19H2,1-8H3,(H,38,39). The molecular weight excluding hydrogens is 577 g/mol. The van der Waals surface area contributed by atoms with Crippen LogP contribution in [0.15, 0.2) is 24.4 Å². The van der Waals surface area contributed by atoms with Gasteiger partial charge in [0.15, 0.2) is 0 Å². The van der Waals surface area contributed by atoms with Crippen molar-refractivity contribution in [1.29, 1.82) is 0 Å². The Morgan fingerprint density at radius 2 is 1.85 bits per heavy atom. The molecule has 1 fully saturated rings. The number of pyridine rings is 1. The lowest BCUT2D eigenvalue weighted by Crippen LogP contribution is -2.61. The molecule has 0 unspecified atom stereocenters. The van der Waals surface area contributed by atoms with E-state index in [9.17, 15) is 9.90 Å². The smallest absolute Gasteiger partial charge is 0.408 e. The number of amides is 1. The Labute approximate surface area is 254 Å². The molecule has 0 atom stereocenters. The Hall–Kier alpha value is -2.33. The molecule has 0 spiro atoms. The number of carboxylic acid groups (broad SMARTS) is 1. The Morgan fingerprint density at radius 1 is 1.20 bits per heavy atom. The highest BCUT2D eigenvalue weighted by molar-refractivity contribution is 6.76. The maximum atomic E-state index is 12.3. The summed E-state index contributed by atoms with van der Waals surface area (Å²) < 4.78 is 8.01. The van der Waals surface area contributed by atoms with Gasteiger partial charge in [0.1, 0.15) is 12.5 Å². The van der Waals surface area contributed by atoms with Gasteiger partial charge in [-0.25, -0.2) is 14.5 Å². The fourth-order valence-corrected chi connectivity index (χ4v) is 7.05. The van der Waals surface area contributed by atoms with Crippen LogP contribution in [0.2, 0.25) is 35.7 Å². The first-order chi connectivity index (χ1) is 19.0. The van der Waals surface area contributed by atoms with Gasteiger partial charge in [0.25, 0.3) is 0 Å². The van der Waals surface area contributed by atoms with Crippen molar-refractivity contribution in [2.24, 2.45) is 0 Å². The molecule has 0 radical (unpaired) electrons. The van der Waals surface area contributed by atoms with Crippen molar-refractivity contribution >= 4 is 54.1 Å². The van der Waals surface area contributed by atoms with E-state index in [0.717, 1.165) is 39.6 Å². The molecule has 8 nitrogen and oxygen atoms in total. The zero-order chi connectivity index (χ0) is 30.3. The lowest BCUT2D eigenvalue weighted by atomic mass is 9.84. The predicted octanol–water partition coefficient (Wildman–Crippen LogP) is 8.16. The van der Waals surface area contributed by atoms with Gasteiger partial charge in [0.2, 0.25) is 0 Å². The SMILES string of the molecule is Cc1nc(N2CCC(C)(N(C(=O)O)C(C)(C)C)CC2)c2cnn(COCC[Si](C)(C)C)c2c1-c1cccc(Cl)c1Cl. The minimum Gasteiger partial charge on any atom is -0.465 e. The van der Waals surface area contributed by atoms with Crippen molar-refractivity contribution in [2.45, 2.75) is 91.0 Å². The molecule has 41 heavy (non-hydrogen) atoms. The fraction of sp³-hybridized carbons (Fsp3) is 0.567. The van der Waals surface area contributed by atoms with E-state index in [1.807, 2.05) is 50.7 Å². The average molecular weight is 621 g/mol. The zero-order valence-electron chi connectivity index (χ0n) is 25.5. The van der Waals surface area contributed by atoms with Gasteiger partial charge in [-0.1, -0.05) is 55.0 Å². The van der Waals surface area contributed by atoms with Crippen LogP contribution < -0.4 is 4.90 Å². The number of benzene rings is 1. The van der Waals surface area contributed by atoms with E-state index in [4.69, 9.17) is 38.0 Å². The number of hydrogen-bond donors (Lipinski definition) is 1. The zero-order valence-corrected chi connectivity index (χ0v) is 28.0. The number of fused-ring (bicyclic) bond motifs is 1. The summed E-state index contributed by atoms with van der Waals surface area (Å²) in [5.74, 6) is 0.840. The number of hydrogen-bond acceptors (Lipinski definition) is 5. The number of halogens is 2. The van der Waals surface area contributed by atoms with Gasteiger partial charge >= 0.3 is 6.09 Å². The largest absolute Gasteiger partial charge is 0.465 e. The second-order valence-electron chi connectivity index (χ2n) is 13.5. The van der Waals surface area contributed by atoms with Gasteiger partial charge in [-0.05, 0) is 59.6 Å². The molecule has 2 aromatic heterocycles. The lowest BCUT2D eigenvalue weighted by molar-refractivity contribution is 0.0118. The number of piperidine rings is 1. The molecule has 1 N–H and O–H groups in total. The van der Waals surface area contributed by atoms with Crippen molar-refractivity contribution in [3.8, 4) is 11.1 Å². The highest BCUT2D eigenvalue weighted by atomic mass is 35.5. The van der Waals surface area contributed by atoms with E-state index in [1.54, 1.807) is 11.0 Å². The molecule has 1 aliphatic rings. The van der Waals surface area contributed by atoms with E-state index >= 15 is 0 Å². The number of aromatic nitrogens is 3. The first-order valence-electron chi connectivity index (χ1n) is 14.2. The summed E-state index contributed by atoms with van der Waals surface area (Å²) in [6.45, 7) is 19.2. The van der Waals surface area contributed by atoms with Crippen molar-refractivity contribution in [1.82, 2.24) is 19.7 Å². The summed E-state index contributed by atoms with van der Waals surface area (Å²) in [6, 6.07) is 6.70. The van der Waals surface area contributed by atoms with E-state index in [1.165, 1.54) is 0 Å². The van der Waals surface area contributed by atoms with Crippen molar-refractivity contribution in [3.63, 3.8) is 0 Å². The average Bonchev–Trinajstić information content (AvgIpc) is 3.26. The third-order valence-electron chi connectivity index (χ3n) is 7.93. The number of carbonyl (C=O) groups is 1. The quantitative estimate of drug-likeness (QED) is 0.202. The number of nitrogens with zero attached hydrogens (tertiary/aromatic N) is 5. The van der Waals surface area contributed by atoms with Crippen LogP contribution in [0.3, 0.4) is 0 Å². The monoisotopic (exact) mass is 619 g/mol. The molecule has 3 aromatic rings. The topological polar surface area (TPSA) is 83.7 Å². The number of aryl methyl sites for hydroxylation is 1. The first kappa shape index (κ1) is 31.6. The number of rotatable bonds is 8. The highest BCUT2D eigenvalue weighted by Gasteiger charge is 2.44. The second kappa shape index (κ2) is 11.7. The highest BCUT2D eigenvalue weighted by Crippen LogP contribution is 2.42. The van der Waals surface area contributed by atoms with E-state index in [2.05, 4.69) is 31.5 Å². The van der Waals surface area contributed by atoms with Crippen LogP contribution in [0.25, 0.3) is 22.0 Å². The van der Waals surface area contributed by atoms with Crippen LogP contribution in [0.4, 0.5) is 10.6 Å². The minimum atomic E-state index is -1.23. The van der Waals surface area contributed by atoms with Crippen molar-refractivity contribution in [2.75, 3.05) is 24.6 Å². The third kappa shape index (κ3) is 6.68. The molecule has 224 valence electrons. The summed E-state index contributed by atoms with van der Waals surface area (Å²) in [5, 5.41) is 16.7. The molecule has 1 aliphatic heterocycles. The molecule has 1 saturated heterocycles. The number of anilines is 1. The third-order valence-corrected chi connectivity index (χ3v) is 10.4. The molecule has 1 amide bonds. The lowest BCUT2D eigenvalue weighted by Gasteiger charge is -2.51. The van der Waals surface area contributed by atoms with Gasteiger partial charge in [-0.15, -0.1) is 0 Å². The maximum Gasteiger partial charge on any atom is 0.408 e. The van der Waals surface area contributed by atoms with Crippen LogP contribution in [-0.2, 0) is 11.5 Å². The van der Waals surface area contributed by atoms with Crippen molar-refractivity contribution in [3.05, 3.63) is 40.1 Å². The predicted molar refractivity (Wildman–Crippen MR) is 171 cm³/mol. The second-order valence-corrected chi connectivity index (χ2v) is 19.9. The molecular formula is C30H43Cl2N5O3Si. The Balaban J connectivity index is 1.74. The van der Waals surface area contributed by atoms with Crippen LogP contribution in [0.5, 0.6) is 0 Å². The fourth-order valence-electron chi connectivity index (χ4n) is 5.90. The van der Waals surface area contributed by atoms with E-state index in [0.29, 0.717) is 49.3 Å². The van der Waals surface area contributed by atoms with Gasteiger partial charge < -0.3 is 14.7 Å². The normalized spacial score (nSPS) is 15.9. The Morgan fingerprint density at radius 3 is 2.44 bits per heavy atom. The molecule has 0 bridgehead atoms. The van der Waals surface area contributed by atoms with Gasteiger partial charge in [0.05, 0.1) is 27.1 Å². The summed E-state index contributed by atoms with van der Waals surface area (Å²) in [5.41, 5.74) is 2.43. The minimum absolute atomic E-state index is 0.319. The molecule has 3 heterocycles. The van der Waals surface area contributed by atoms with Gasteiger partial charge in [0, 0.05) is 55.7 Å². The van der Waals surface area contributed by atoms with E-state index < -0.39 is 25.2 Å². The van der Waals surface area contributed by atoms with Gasteiger partial charge in [-0.3, -0.25) is 4.90 Å². The Kier molecular flexibility index (Phi) is 9.05.